The number of amides is 3. The summed E-state index contributed by atoms with van der Waals surface area (Å²) in [5.41, 5.74) is 2.49. The first-order valence-corrected chi connectivity index (χ1v) is 8.66. The van der Waals surface area contributed by atoms with E-state index in [1.165, 1.54) is 0 Å². The monoisotopic (exact) mass is 365 g/mol. The van der Waals surface area contributed by atoms with Crippen LogP contribution in [0.5, 0.6) is 0 Å². The Balaban J connectivity index is 1.34. The molecule has 1 saturated heterocycles. The van der Waals surface area contributed by atoms with Crippen molar-refractivity contribution in [2.45, 2.75) is 6.54 Å². The maximum Gasteiger partial charge on any atom is 0.317 e. The lowest BCUT2D eigenvalue weighted by atomic mass is 10.1. The number of urea groups is 1. The highest BCUT2D eigenvalue weighted by atomic mass is 16.2. The van der Waals surface area contributed by atoms with Gasteiger partial charge < -0.3 is 15.5 Å². The van der Waals surface area contributed by atoms with Crippen molar-refractivity contribution in [3.05, 3.63) is 54.5 Å². The van der Waals surface area contributed by atoms with Gasteiger partial charge in [0.15, 0.2) is 5.82 Å². The van der Waals surface area contributed by atoms with Crippen molar-refractivity contribution in [1.29, 1.82) is 0 Å². The zero-order valence-electron chi connectivity index (χ0n) is 14.6. The second kappa shape index (κ2) is 7.32. The Bertz CT molecular complexity index is 931. The van der Waals surface area contributed by atoms with Gasteiger partial charge >= 0.3 is 6.03 Å². The number of aromatic nitrogens is 4. The van der Waals surface area contributed by atoms with Crippen LogP contribution in [0.4, 0.5) is 10.6 Å². The van der Waals surface area contributed by atoms with Crippen LogP contribution in [0.15, 0.2) is 48.9 Å². The van der Waals surface area contributed by atoms with Gasteiger partial charge in [-0.1, -0.05) is 12.1 Å². The summed E-state index contributed by atoms with van der Waals surface area (Å²) < 4.78 is 1.71. The number of H-pyrrole nitrogens is 1. The van der Waals surface area contributed by atoms with Crippen molar-refractivity contribution in [2.24, 2.45) is 0 Å². The molecule has 0 radical (unpaired) electrons. The molecule has 0 saturated carbocycles. The lowest BCUT2D eigenvalue weighted by Crippen LogP contribution is -2.31. The van der Waals surface area contributed by atoms with Crippen molar-refractivity contribution in [3.63, 3.8) is 0 Å². The molecule has 27 heavy (non-hydrogen) atoms. The SMILES string of the molecule is O=C(Nc1ccn(CCN2CCNC2=O)n1)c1ccc(-c2cn[nH]c2)cc1. The van der Waals surface area contributed by atoms with E-state index in [9.17, 15) is 9.59 Å². The number of anilines is 1. The number of carbonyl (C=O) groups is 2. The average Bonchev–Trinajstić information content (AvgIpc) is 3.43. The van der Waals surface area contributed by atoms with E-state index in [4.69, 9.17) is 0 Å². The Labute approximate surface area is 155 Å². The van der Waals surface area contributed by atoms with Gasteiger partial charge in [0.05, 0.1) is 12.7 Å². The van der Waals surface area contributed by atoms with Gasteiger partial charge in [-0.25, -0.2) is 4.79 Å². The van der Waals surface area contributed by atoms with Crippen molar-refractivity contribution in [2.75, 3.05) is 25.0 Å². The molecule has 1 aliphatic heterocycles. The van der Waals surface area contributed by atoms with E-state index in [0.29, 0.717) is 37.6 Å². The molecular weight excluding hydrogens is 346 g/mol. The Morgan fingerprint density at radius 3 is 2.70 bits per heavy atom. The zero-order valence-corrected chi connectivity index (χ0v) is 14.6. The summed E-state index contributed by atoms with van der Waals surface area (Å²) in [4.78, 5) is 25.7. The molecule has 3 aromatic rings. The van der Waals surface area contributed by atoms with Crippen LogP contribution in [-0.2, 0) is 6.54 Å². The highest BCUT2D eigenvalue weighted by Gasteiger charge is 2.18. The third-order valence-electron chi connectivity index (χ3n) is 4.41. The summed E-state index contributed by atoms with van der Waals surface area (Å²) in [6.07, 6.45) is 5.31. The first kappa shape index (κ1) is 16.8. The predicted molar refractivity (Wildman–Crippen MR) is 99.2 cm³/mol. The fourth-order valence-corrected chi connectivity index (χ4v) is 2.91. The van der Waals surface area contributed by atoms with Gasteiger partial charge in [0.1, 0.15) is 0 Å². The van der Waals surface area contributed by atoms with E-state index < -0.39 is 0 Å². The Morgan fingerprint density at radius 2 is 2.00 bits per heavy atom. The lowest BCUT2D eigenvalue weighted by Gasteiger charge is -2.13. The minimum Gasteiger partial charge on any atom is -0.336 e. The fraction of sp³-hybridized carbons (Fsp3) is 0.222. The first-order valence-electron chi connectivity index (χ1n) is 8.66. The molecule has 9 nitrogen and oxygen atoms in total. The van der Waals surface area contributed by atoms with Gasteiger partial charge in [0.2, 0.25) is 0 Å². The van der Waals surface area contributed by atoms with Crippen LogP contribution in [0.1, 0.15) is 10.4 Å². The molecule has 0 atom stereocenters. The maximum atomic E-state index is 12.4. The number of nitrogens with zero attached hydrogens (tertiary/aromatic N) is 4. The van der Waals surface area contributed by atoms with Crippen LogP contribution in [0, 0.1) is 0 Å². The van der Waals surface area contributed by atoms with Crippen molar-refractivity contribution in [1.82, 2.24) is 30.2 Å². The molecule has 9 heteroatoms. The molecule has 0 unspecified atom stereocenters. The third-order valence-corrected chi connectivity index (χ3v) is 4.41. The van der Waals surface area contributed by atoms with Gasteiger partial charge in [0.25, 0.3) is 5.91 Å². The molecule has 3 N–H and O–H groups in total. The third kappa shape index (κ3) is 3.81. The highest BCUT2D eigenvalue weighted by Crippen LogP contribution is 2.18. The molecule has 0 bridgehead atoms. The van der Waals surface area contributed by atoms with Crippen molar-refractivity contribution >= 4 is 17.8 Å². The van der Waals surface area contributed by atoms with Crippen LogP contribution in [0.2, 0.25) is 0 Å². The van der Waals surface area contributed by atoms with E-state index in [0.717, 1.165) is 11.1 Å². The maximum absolute atomic E-state index is 12.4. The number of hydrogen-bond acceptors (Lipinski definition) is 4. The Kier molecular flexibility index (Phi) is 4.56. The zero-order chi connectivity index (χ0) is 18.6. The number of benzene rings is 1. The summed E-state index contributed by atoms with van der Waals surface area (Å²) >= 11 is 0. The molecule has 1 fully saturated rings. The minimum absolute atomic E-state index is 0.0467. The first-order chi connectivity index (χ1) is 13.2. The van der Waals surface area contributed by atoms with E-state index in [-0.39, 0.29) is 11.9 Å². The second-order valence-electron chi connectivity index (χ2n) is 6.20. The molecule has 3 heterocycles. The van der Waals surface area contributed by atoms with E-state index in [2.05, 4.69) is 25.9 Å². The van der Waals surface area contributed by atoms with Crippen LogP contribution < -0.4 is 10.6 Å². The topological polar surface area (TPSA) is 108 Å². The van der Waals surface area contributed by atoms with Gasteiger partial charge in [-0.15, -0.1) is 0 Å². The van der Waals surface area contributed by atoms with Crippen LogP contribution in [0.25, 0.3) is 11.1 Å². The molecule has 3 amide bonds. The normalized spacial score (nSPS) is 13.6. The smallest absolute Gasteiger partial charge is 0.317 e. The highest BCUT2D eigenvalue weighted by molar-refractivity contribution is 6.03. The molecule has 2 aromatic heterocycles. The standard InChI is InChI=1S/C18H19N7O2/c26-17(14-3-1-13(2-4-14)15-11-20-21-12-15)22-16-5-7-25(23-16)10-9-24-8-6-19-18(24)27/h1-5,7,11-12H,6,8-10H2,(H,19,27)(H,20,21)(H,22,23,26). The molecule has 0 aliphatic carbocycles. The number of carbonyl (C=O) groups excluding carboxylic acids is 2. The quantitative estimate of drug-likeness (QED) is 0.616. The minimum atomic E-state index is -0.224. The van der Waals surface area contributed by atoms with Crippen molar-refractivity contribution in [3.8, 4) is 11.1 Å². The van der Waals surface area contributed by atoms with Gasteiger partial charge in [-0.2, -0.15) is 10.2 Å². The molecule has 1 aromatic carbocycles. The summed E-state index contributed by atoms with van der Waals surface area (Å²) in [6, 6.07) is 8.97. The predicted octanol–water partition coefficient (Wildman–Crippen LogP) is 1.55. The Hall–Kier alpha value is -3.62. The van der Waals surface area contributed by atoms with Gasteiger partial charge in [-0.05, 0) is 17.7 Å². The summed E-state index contributed by atoms with van der Waals surface area (Å²) in [6.45, 7) is 2.54. The number of rotatable bonds is 6. The fourth-order valence-electron chi connectivity index (χ4n) is 2.91. The number of aromatic amines is 1. The van der Waals surface area contributed by atoms with Gasteiger partial charge in [0, 0.05) is 49.2 Å². The lowest BCUT2D eigenvalue weighted by molar-refractivity contribution is 0.102. The number of nitrogens with one attached hydrogen (secondary N) is 3. The second-order valence-corrected chi connectivity index (χ2v) is 6.20. The molecule has 138 valence electrons. The molecular formula is C18H19N7O2. The molecule has 4 rings (SSSR count). The van der Waals surface area contributed by atoms with E-state index >= 15 is 0 Å². The summed E-state index contributed by atoms with van der Waals surface area (Å²) in [5.74, 6) is 0.252. The van der Waals surface area contributed by atoms with Crippen LogP contribution in [0.3, 0.4) is 0 Å². The Morgan fingerprint density at radius 1 is 1.15 bits per heavy atom. The molecule has 0 spiro atoms. The van der Waals surface area contributed by atoms with E-state index in [1.54, 1.807) is 46.4 Å². The summed E-state index contributed by atoms with van der Waals surface area (Å²) in [5, 5.41) is 16.6. The largest absolute Gasteiger partial charge is 0.336 e. The molecule has 1 aliphatic rings. The van der Waals surface area contributed by atoms with Gasteiger partial charge in [-0.3, -0.25) is 14.6 Å². The van der Waals surface area contributed by atoms with Crippen molar-refractivity contribution < 1.29 is 9.59 Å². The average molecular weight is 365 g/mol. The van der Waals surface area contributed by atoms with Crippen LogP contribution in [-0.4, -0.2) is 56.5 Å². The summed E-state index contributed by atoms with van der Waals surface area (Å²) in [7, 11) is 0. The van der Waals surface area contributed by atoms with E-state index in [1.807, 2.05) is 12.1 Å². The number of hydrogen-bond donors (Lipinski definition) is 3. The van der Waals surface area contributed by atoms with Crippen LogP contribution >= 0.6 is 0 Å².